The number of carboxylic acid groups (broad SMARTS) is 1. The maximum absolute atomic E-state index is 12.4. The van der Waals surface area contributed by atoms with Crippen molar-refractivity contribution in [1.29, 1.82) is 0 Å². The monoisotopic (exact) mass is 249 g/mol. The van der Waals surface area contributed by atoms with Crippen LogP contribution in [0.4, 0.5) is 18.0 Å². The fraction of sp³-hybridized carbons (Fsp3) is 0.300. The van der Waals surface area contributed by atoms with Gasteiger partial charge >= 0.3 is 12.3 Å². The minimum absolute atomic E-state index is 0.00794. The van der Waals surface area contributed by atoms with E-state index in [2.05, 4.69) is 0 Å². The van der Waals surface area contributed by atoms with Gasteiger partial charge in [0.15, 0.2) is 0 Å². The van der Waals surface area contributed by atoms with Crippen molar-refractivity contribution in [3.05, 3.63) is 35.4 Å². The van der Waals surface area contributed by atoms with Crippen LogP contribution in [0.1, 0.15) is 17.2 Å². The van der Waals surface area contributed by atoms with Crippen molar-refractivity contribution in [2.75, 3.05) is 6.54 Å². The molecule has 17 heavy (non-hydrogen) atoms. The lowest BCUT2D eigenvalue weighted by molar-refractivity contribution is -0.137. The van der Waals surface area contributed by atoms with Crippen molar-refractivity contribution in [3.8, 4) is 0 Å². The Morgan fingerprint density at radius 2 is 2.06 bits per heavy atom. The molecule has 0 aliphatic rings. The van der Waals surface area contributed by atoms with Gasteiger partial charge in [-0.15, -0.1) is 0 Å². The second-order valence-corrected chi connectivity index (χ2v) is 3.33. The molecule has 1 amide bonds. The van der Waals surface area contributed by atoms with Crippen LogP contribution in [0.5, 0.6) is 0 Å². The van der Waals surface area contributed by atoms with Gasteiger partial charge in [0.1, 0.15) is 0 Å². The Morgan fingerprint density at radius 1 is 1.41 bits per heavy atom. The van der Waals surface area contributed by atoms with E-state index in [0.29, 0.717) is 0 Å². The van der Waals surface area contributed by atoms with E-state index in [9.17, 15) is 23.1 Å². The zero-order chi connectivity index (χ0) is 13.1. The normalized spacial score (nSPS) is 13.2. The molecule has 7 heteroatoms. The lowest BCUT2D eigenvalue weighted by atomic mass is 10.1. The van der Waals surface area contributed by atoms with Crippen LogP contribution < -0.4 is 5.32 Å². The summed E-state index contributed by atoms with van der Waals surface area (Å²) in [7, 11) is 0. The number of benzene rings is 1. The summed E-state index contributed by atoms with van der Waals surface area (Å²) < 4.78 is 37.1. The van der Waals surface area contributed by atoms with Gasteiger partial charge in [0.05, 0.1) is 18.2 Å². The molecule has 0 aliphatic carbocycles. The van der Waals surface area contributed by atoms with Crippen molar-refractivity contribution in [2.45, 2.75) is 12.3 Å². The van der Waals surface area contributed by atoms with Gasteiger partial charge in [0.2, 0.25) is 0 Å². The summed E-state index contributed by atoms with van der Waals surface area (Å²) in [5.74, 6) is 0. The highest BCUT2D eigenvalue weighted by molar-refractivity contribution is 5.64. The van der Waals surface area contributed by atoms with Crippen LogP contribution in [0, 0.1) is 0 Å². The Hall–Kier alpha value is -1.76. The fourth-order valence-electron chi connectivity index (χ4n) is 1.22. The number of aliphatic hydroxyl groups is 1. The highest BCUT2D eigenvalue weighted by Gasteiger charge is 2.30. The highest BCUT2D eigenvalue weighted by atomic mass is 19.4. The number of carbonyl (C=O) groups is 1. The number of halogens is 3. The van der Waals surface area contributed by atoms with E-state index < -0.39 is 23.9 Å². The number of aliphatic hydroxyl groups excluding tert-OH is 1. The van der Waals surface area contributed by atoms with Gasteiger partial charge in [-0.25, -0.2) is 4.79 Å². The van der Waals surface area contributed by atoms with E-state index in [1.54, 1.807) is 0 Å². The molecule has 0 saturated heterocycles. The third-order valence-electron chi connectivity index (χ3n) is 2.05. The summed E-state index contributed by atoms with van der Waals surface area (Å²) in [6.45, 7) is -0.364. The Kier molecular flexibility index (Phi) is 3.95. The minimum Gasteiger partial charge on any atom is -0.465 e. The summed E-state index contributed by atoms with van der Waals surface area (Å²) in [4.78, 5) is 10.2. The van der Waals surface area contributed by atoms with Gasteiger partial charge in [-0.1, -0.05) is 12.1 Å². The summed E-state index contributed by atoms with van der Waals surface area (Å²) in [6, 6.07) is 4.11. The van der Waals surface area contributed by atoms with Crippen LogP contribution in [0.15, 0.2) is 24.3 Å². The van der Waals surface area contributed by atoms with E-state index >= 15 is 0 Å². The molecule has 0 bridgehead atoms. The average molecular weight is 249 g/mol. The lowest BCUT2D eigenvalue weighted by Gasteiger charge is -2.13. The number of hydrogen-bond donors (Lipinski definition) is 3. The highest BCUT2D eigenvalue weighted by Crippen LogP contribution is 2.30. The molecule has 0 fully saturated rings. The largest absolute Gasteiger partial charge is 0.465 e. The van der Waals surface area contributed by atoms with E-state index in [-0.39, 0.29) is 12.1 Å². The quantitative estimate of drug-likeness (QED) is 0.767. The van der Waals surface area contributed by atoms with Crippen LogP contribution in [-0.2, 0) is 6.18 Å². The van der Waals surface area contributed by atoms with Gasteiger partial charge < -0.3 is 15.5 Å². The first-order valence-corrected chi connectivity index (χ1v) is 4.62. The van der Waals surface area contributed by atoms with E-state index in [1.807, 2.05) is 5.32 Å². The SMILES string of the molecule is O=C(O)NCC(O)c1cccc(C(F)(F)F)c1. The maximum Gasteiger partial charge on any atom is 0.416 e. The number of rotatable bonds is 3. The molecule has 1 aromatic rings. The smallest absolute Gasteiger partial charge is 0.416 e. The van der Waals surface area contributed by atoms with Gasteiger partial charge in [-0.3, -0.25) is 0 Å². The van der Waals surface area contributed by atoms with Crippen molar-refractivity contribution in [1.82, 2.24) is 5.32 Å². The molecule has 1 unspecified atom stereocenters. The molecule has 0 saturated carbocycles. The molecule has 0 heterocycles. The topological polar surface area (TPSA) is 69.6 Å². The van der Waals surface area contributed by atoms with Gasteiger partial charge in [-0.2, -0.15) is 13.2 Å². The molecule has 1 aromatic carbocycles. The molecule has 94 valence electrons. The zero-order valence-electron chi connectivity index (χ0n) is 8.53. The summed E-state index contributed by atoms with van der Waals surface area (Å²) in [5, 5.41) is 19.6. The van der Waals surface area contributed by atoms with E-state index in [4.69, 9.17) is 5.11 Å². The molecule has 0 aromatic heterocycles. The Labute approximate surface area is 94.7 Å². The van der Waals surface area contributed by atoms with Crippen molar-refractivity contribution in [3.63, 3.8) is 0 Å². The van der Waals surface area contributed by atoms with E-state index in [0.717, 1.165) is 18.2 Å². The fourth-order valence-corrected chi connectivity index (χ4v) is 1.22. The molecule has 3 N–H and O–H groups in total. The molecule has 0 spiro atoms. The predicted octanol–water partition coefficient (Wildman–Crippen LogP) is 2.01. The first-order valence-electron chi connectivity index (χ1n) is 4.62. The van der Waals surface area contributed by atoms with Crippen LogP contribution in [-0.4, -0.2) is 22.9 Å². The molecular weight excluding hydrogens is 239 g/mol. The van der Waals surface area contributed by atoms with Gasteiger partial charge in [-0.05, 0) is 17.7 Å². The van der Waals surface area contributed by atoms with Crippen LogP contribution in [0.2, 0.25) is 0 Å². The van der Waals surface area contributed by atoms with Gasteiger partial charge in [0.25, 0.3) is 0 Å². The Balaban J connectivity index is 2.81. The van der Waals surface area contributed by atoms with E-state index in [1.165, 1.54) is 6.07 Å². The Morgan fingerprint density at radius 3 is 2.59 bits per heavy atom. The third kappa shape index (κ3) is 3.95. The second-order valence-electron chi connectivity index (χ2n) is 3.33. The zero-order valence-corrected chi connectivity index (χ0v) is 8.53. The van der Waals surface area contributed by atoms with Crippen molar-refractivity contribution >= 4 is 6.09 Å². The number of nitrogens with one attached hydrogen (secondary N) is 1. The molecule has 0 radical (unpaired) electrons. The molecular formula is C10H10F3NO3. The lowest BCUT2D eigenvalue weighted by Crippen LogP contribution is -2.26. The van der Waals surface area contributed by atoms with Crippen LogP contribution >= 0.6 is 0 Å². The van der Waals surface area contributed by atoms with Crippen LogP contribution in [0.3, 0.4) is 0 Å². The first kappa shape index (κ1) is 13.3. The molecule has 1 rings (SSSR count). The predicted molar refractivity (Wildman–Crippen MR) is 52.4 cm³/mol. The standard InChI is InChI=1S/C10H10F3NO3/c11-10(12,13)7-3-1-2-6(4-7)8(15)5-14-9(16)17/h1-4,8,14-15H,5H2,(H,16,17). The first-order chi connectivity index (χ1) is 7.80. The molecule has 0 aliphatic heterocycles. The Bertz CT molecular complexity index is 406. The number of amides is 1. The third-order valence-corrected chi connectivity index (χ3v) is 2.05. The summed E-state index contributed by atoms with van der Waals surface area (Å²) >= 11 is 0. The number of hydrogen-bond acceptors (Lipinski definition) is 2. The molecule has 1 atom stereocenters. The number of alkyl halides is 3. The summed E-state index contributed by atoms with van der Waals surface area (Å²) in [6.07, 6.45) is -7.15. The van der Waals surface area contributed by atoms with Crippen LogP contribution in [0.25, 0.3) is 0 Å². The summed E-state index contributed by atoms with van der Waals surface area (Å²) in [5.41, 5.74) is -0.877. The second kappa shape index (κ2) is 5.05. The average Bonchev–Trinajstić information content (AvgIpc) is 2.25. The van der Waals surface area contributed by atoms with Gasteiger partial charge in [0, 0.05) is 0 Å². The minimum atomic E-state index is -4.49. The van der Waals surface area contributed by atoms with Crippen molar-refractivity contribution in [2.24, 2.45) is 0 Å². The maximum atomic E-state index is 12.4. The van der Waals surface area contributed by atoms with Crippen molar-refractivity contribution < 1.29 is 28.2 Å². The molecule has 4 nitrogen and oxygen atoms in total.